The van der Waals surface area contributed by atoms with Crippen LogP contribution in [-0.2, 0) is 14.3 Å². The van der Waals surface area contributed by atoms with Crippen LogP contribution in [-0.4, -0.2) is 25.3 Å². The van der Waals surface area contributed by atoms with Gasteiger partial charge in [-0.3, -0.25) is 0 Å². The van der Waals surface area contributed by atoms with E-state index in [9.17, 15) is 4.79 Å². The predicted molar refractivity (Wildman–Crippen MR) is 119 cm³/mol. The van der Waals surface area contributed by atoms with Crippen LogP contribution in [0.5, 0.6) is 0 Å². The molecule has 0 aromatic carbocycles. The number of ether oxygens (including phenoxy) is 2. The second-order valence-electron chi connectivity index (χ2n) is 8.33. The minimum absolute atomic E-state index is 0.0468. The average molecular weight is 395 g/mol. The van der Waals surface area contributed by atoms with Gasteiger partial charge in [-0.25, -0.2) is 0 Å². The number of carbonyl (C=O) groups excluding carboxylic acids is 1. The Hall–Kier alpha value is -0.670. The molecule has 1 rings (SSSR count). The maximum absolute atomic E-state index is 10.9. The fourth-order valence-electron chi connectivity index (χ4n) is 3.82. The topological polar surface area (TPSA) is 35.5 Å². The monoisotopic (exact) mass is 394 g/mol. The highest BCUT2D eigenvalue weighted by molar-refractivity contribution is 5.50. The van der Waals surface area contributed by atoms with Crippen molar-refractivity contribution < 1.29 is 14.3 Å². The summed E-state index contributed by atoms with van der Waals surface area (Å²) in [6.07, 6.45) is 27.6. The highest BCUT2D eigenvalue weighted by Gasteiger charge is 2.19. The number of hydrogen-bond acceptors (Lipinski definition) is 3. The molecule has 1 heterocycles. The molecule has 0 aromatic heterocycles. The third kappa shape index (κ3) is 15.3. The molecule has 1 aliphatic heterocycles. The summed E-state index contributed by atoms with van der Waals surface area (Å²) in [6.45, 7) is 3.07. The van der Waals surface area contributed by atoms with Gasteiger partial charge < -0.3 is 14.3 Å². The summed E-state index contributed by atoms with van der Waals surface area (Å²) in [5.74, 6) is 0. The summed E-state index contributed by atoms with van der Waals surface area (Å²) in [7, 11) is 0. The first kappa shape index (κ1) is 25.4. The van der Waals surface area contributed by atoms with Crippen molar-refractivity contribution in [3.05, 3.63) is 12.2 Å². The van der Waals surface area contributed by atoms with Crippen molar-refractivity contribution in [2.75, 3.05) is 6.61 Å². The molecule has 0 aromatic rings. The molecule has 0 bridgehead atoms. The number of rotatable bonds is 19. The highest BCUT2D eigenvalue weighted by atomic mass is 16.7. The van der Waals surface area contributed by atoms with Gasteiger partial charge in [-0.05, 0) is 51.4 Å². The van der Waals surface area contributed by atoms with Crippen molar-refractivity contribution in [2.24, 2.45) is 0 Å². The van der Waals surface area contributed by atoms with E-state index in [2.05, 4.69) is 19.1 Å². The van der Waals surface area contributed by atoms with Gasteiger partial charge in [0.1, 0.15) is 6.29 Å². The van der Waals surface area contributed by atoms with Gasteiger partial charge in [0.2, 0.25) is 0 Å². The number of unbranched alkanes of at least 4 members (excludes halogenated alkanes) is 11. The van der Waals surface area contributed by atoms with Crippen LogP contribution in [0.25, 0.3) is 0 Å². The largest absolute Gasteiger partial charge is 0.353 e. The summed E-state index contributed by atoms with van der Waals surface area (Å²) >= 11 is 0. The van der Waals surface area contributed by atoms with Gasteiger partial charge in [-0.1, -0.05) is 76.9 Å². The standard InChI is InChI=1S/C25H46O3/c1-2-3-4-5-6-7-8-9-10-11-12-13-14-15-16-19-24(21-22-26)28-25-20-17-18-23-27-25/h9-10,22,24-25H,2-8,11-21,23H2,1H3. The van der Waals surface area contributed by atoms with E-state index in [1.807, 2.05) is 0 Å². The minimum Gasteiger partial charge on any atom is -0.353 e. The fraction of sp³-hybridized carbons (Fsp3) is 0.880. The lowest BCUT2D eigenvalue weighted by Gasteiger charge is -2.27. The van der Waals surface area contributed by atoms with Gasteiger partial charge in [0.25, 0.3) is 0 Å². The van der Waals surface area contributed by atoms with Crippen molar-refractivity contribution in [3.63, 3.8) is 0 Å². The SMILES string of the molecule is CCCCCCCCC=CCCCCCCCC(CC=O)OC1CCCCO1. The van der Waals surface area contributed by atoms with E-state index >= 15 is 0 Å². The van der Waals surface area contributed by atoms with Gasteiger partial charge in [-0.2, -0.15) is 0 Å². The van der Waals surface area contributed by atoms with Gasteiger partial charge in [-0.15, -0.1) is 0 Å². The van der Waals surface area contributed by atoms with Gasteiger partial charge in [0.05, 0.1) is 6.10 Å². The zero-order valence-corrected chi connectivity index (χ0v) is 18.5. The molecule has 28 heavy (non-hydrogen) atoms. The minimum atomic E-state index is -0.0816. The summed E-state index contributed by atoms with van der Waals surface area (Å²) in [5, 5.41) is 0. The molecule has 0 amide bonds. The van der Waals surface area contributed by atoms with E-state index in [-0.39, 0.29) is 12.4 Å². The molecule has 3 nitrogen and oxygen atoms in total. The lowest BCUT2D eigenvalue weighted by Crippen LogP contribution is -2.28. The third-order valence-corrected chi connectivity index (χ3v) is 5.63. The Morgan fingerprint density at radius 2 is 1.54 bits per heavy atom. The Labute approximate surface area is 174 Å². The highest BCUT2D eigenvalue weighted by Crippen LogP contribution is 2.19. The molecule has 1 aliphatic rings. The first-order valence-electron chi connectivity index (χ1n) is 12.2. The zero-order valence-electron chi connectivity index (χ0n) is 18.5. The van der Waals surface area contributed by atoms with E-state index in [1.165, 1.54) is 83.5 Å². The molecule has 1 fully saturated rings. The van der Waals surface area contributed by atoms with Crippen LogP contribution in [0.2, 0.25) is 0 Å². The van der Waals surface area contributed by atoms with E-state index in [0.717, 1.165) is 38.6 Å². The van der Waals surface area contributed by atoms with Crippen LogP contribution >= 0.6 is 0 Å². The van der Waals surface area contributed by atoms with Crippen LogP contribution in [0, 0.1) is 0 Å². The molecule has 3 heteroatoms. The maximum Gasteiger partial charge on any atom is 0.157 e. The zero-order chi connectivity index (χ0) is 20.1. The van der Waals surface area contributed by atoms with Crippen LogP contribution in [0.3, 0.4) is 0 Å². The van der Waals surface area contributed by atoms with Crippen molar-refractivity contribution in [1.82, 2.24) is 0 Å². The fourth-order valence-corrected chi connectivity index (χ4v) is 3.82. The second-order valence-corrected chi connectivity index (χ2v) is 8.33. The summed E-state index contributed by atoms with van der Waals surface area (Å²) < 4.78 is 11.6. The molecule has 0 radical (unpaired) electrons. The second kappa shape index (κ2) is 19.6. The molecule has 0 spiro atoms. The molecule has 2 atom stereocenters. The van der Waals surface area contributed by atoms with E-state index in [4.69, 9.17) is 9.47 Å². The van der Waals surface area contributed by atoms with E-state index < -0.39 is 0 Å². The molecular formula is C25H46O3. The molecule has 0 aliphatic carbocycles. The first-order valence-corrected chi connectivity index (χ1v) is 12.2. The first-order chi connectivity index (χ1) is 13.9. The van der Waals surface area contributed by atoms with Crippen molar-refractivity contribution in [2.45, 2.75) is 135 Å². The van der Waals surface area contributed by atoms with E-state index in [1.54, 1.807) is 0 Å². The Kier molecular flexibility index (Phi) is 17.8. The van der Waals surface area contributed by atoms with Crippen molar-refractivity contribution >= 4 is 6.29 Å². The van der Waals surface area contributed by atoms with Crippen LogP contribution < -0.4 is 0 Å². The van der Waals surface area contributed by atoms with Crippen molar-refractivity contribution in [1.29, 1.82) is 0 Å². The molecule has 0 saturated carbocycles. The lowest BCUT2D eigenvalue weighted by molar-refractivity contribution is -0.190. The quantitative estimate of drug-likeness (QED) is 0.129. The summed E-state index contributed by atoms with van der Waals surface area (Å²) in [4.78, 5) is 10.9. The molecule has 1 saturated heterocycles. The van der Waals surface area contributed by atoms with Crippen LogP contribution in [0.4, 0.5) is 0 Å². The summed E-state index contributed by atoms with van der Waals surface area (Å²) in [5.41, 5.74) is 0. The number of aldehydes is 1. The van der Waals surface area contributed by atoms with E-state index in [0.29, 0.717) is 6.42 Å². The lowest BCUT2D eigenvalue weighted by atomic mass is 10.0. The van der Waals surface area contributed by atoms with Crippen molar-refractivity contribution in [3.8, 4) is 0 Å². The molecule has 0 N–H and O–H groups in total. The average Bonchev–Trinajstić information content (AvgIpc) is 2.71. The van der Waals surface area contributed by atoms with Gasteiger partial charge in [0, 0.05) is 13.0 Å². The molecule has 164 valence electrons. The predicted octanol–water partition coefficient (Wildman–Crippen LogP) is 7.52. The van der Waals surface area contributed by atoms with Crippen LogP contribution in [0.15, 0.2) is 12.2 Å². The molecular weight excluding hydrogens is 348 g/mol. The van der Waals surface area contributed by atoms with Gasteiger partial charge in [0.15, 0.2) is 6.29 Å². The Morgan fingerprint density at radius 1 is 0.893 bits per heavy atom. The smallest absolute Gasteiger partial charge is 0.157 e. The normalized spacial score (nSPS) is 18.5. The van der Waals surface area contributed by atoms with Crippen LogP contribution in [0.1, 0.15) is 122 Å². The molecule has 2 unspecified atom stereocenters. The number of carbonyl (C=O) groups is 1. The number of allylic oxidation sites excluding steroid dienone is 2. The Balaban J connectivity index is 1.89. The maximum atomic E-state index is 10.9. The summed E-state index contributed by atoms with van der Waals surface area (Å²) in [6, 6.07) is 0. The third-order valence-electron chi connectivity index (χ3n) is 5.63. The van der Waals surface area contributed by atoms with Gasteiger partial charge >= 0.3 is 0 Å². The Morgan fingerprint density at radius 3 is 2.14 bits per heavy atom. The number of hydrogen-bond donors (Lipinski definition) is 0. The Bertz CT molecular complexity index is 361.